The van der Waals surface area contributed by atoms with Crippen molar-refractivity contribution in [2.45, 2.75) is 24.3 Å². The number of benzene rings is 1. The predicted octanol–water partition coefficient (Wildman–Crippen LogP) is 1.18. The van der Waals surface area contributed by atoms with Crippen LogP contribution in [0, 0.1) is 0 Å². The van der Waals surface area contributed by atoms with Crippen LogP contribution in [-0.2, 0) is 25.0 Å². The molecule has 2 aromatic rings. The number of hydrogen-bond donors (Lipinski definition) is 2. The summed E-state index contributed by atoms with van der Waals surface area (Å²) in [7, 11) is -3.37. The molecule has 0 aliphatic carbocycles. The minimum atomic E-state index is -3.37. The summed E-state index contributed by atoms with van der Waals surface area (Å²) in [6.45, 7) is 0.419. The van der Waals surface area contributed by atoms with E-state index < -0.39 is 21.5 Å². The molecule has 152 valence electrons. The van der Waals surface area contributed by atoms with Crippen LogP contribution in [0.15, 0.2) is 48.8 Å². The molecular weight excluding hydrogens is 392 g/mol. The van der Waals surface area contributed by atoms with Crippen molar-refractivity contribution >= 4 is 27.5 Å². The van der Waals surface area contributed by atoms with Crippen LogP contribution in [0.25, 0.3) is 0 Å². The van der Waals surface area contributed by atoms with Crippen LogP contribution in [0.2, 0.25) is 0 Å². The van der Waals surface area contributed by atoms with Crippen LogP contribution in [0.3, 0.4) is 0 Å². The summed E-state index contributed by atoms with van der Waals surface area (Å²) >= 11 is 0. The van der Waals surface area contributed by atoms with Gasteiger partial charge in [-0.05, 0) is 29.7 Å². The zero-order valence-electron chi connectivity index (χ0n) is 16.0. The van der Waals surface area contributed by atoms with E-state index in [2.05, 4.69) is 15.0 Å². The van der Waals surface area contributed by atoms with Crippen molar-refractivity contribution in [2.24, 2.45) is 0 Å². The lowest BCUT2D eigenvalue weighted by atomic mass is 9.73. The minimum Gasteiger partial charge on any atom is -0.334 e. The van der Waals surface area contributed by atoms with Gasteiger partial charge in [-0.15, -0.1) is 0 Å². The number of nitrogens with zero attached hydrogens (tertiary/aromatic N) is 2. The summed E-state index contributed by atoms with van der Waals surface area (Å²) in [6, 6.07) is 10.7. The van der Waals surface area contributed by atoms with Crippen LogP contribution >= 0.6 is 0 Å². The van der Waals surface area contributed by atoms with Gasteiger partial charge >= 0.3 is 0 Å². The van der Waals surface area contributed by atoms with E-state index in [0.29, 0.717) is 13.0 Å². The van der Waals surface area contributed by atoms with Crippen molar-refractivity contribution in [3.05, 3.63) is 59.9 Å². The third kappa shape index (κ3) is 3.40. The molecule has 2 N–H and O–H groups in total. The van der Waals surface area contributed by atoms with Crippen LogP contribution in [-0.4, -0.2) is 49.5 Å². The van der Waals surface area contributed by atoms with Crippen molar-refractivity contribution in [1.29, 1.82) is 0 Å². The molecule has 2 amide bonds. The normalized spacial score (nSPS) is 23.3. The summed E-state index contributed by atoms with van der Waals surface area (Å²) in [5.74, 6) is -0.332. The van der Waals surface area contributed by atoms with Gasteiger partial charge in [0.1, 0.15) is 5.41 Å². The van der Waals surface area contributed by atoms with E-state index >= 15 is 0 Å². The number of hydrogen-bond acceptors (Lipinski definition) is 5. The van der Waals surface area contributed by atoms with Gasteiger partial charge in [0.15, 0.2) is 0 Å². The standard InChI is InChI=1S/C20H22N4O4S/c1-29(27,28)22-11-8-17(25)24-12-9-20(18(24)14-5-4-10-21-13-14)15-6-2-3-7-16(15)23-19(20)26/h2-7,10,13,18,22H,8-9,11-12H2,1H3,(H,23,26). The number of nitrogens with one attached hydrogen (secondary N) is 2. The third-order valence-corrected chi connectivity index (χ3v) is 6.34. The first-order chi connectivity index (χ1) is 13.8. The zero-order chi connectivity index (χ0) is 20.6. The summed E-state index contributed by atoms with van der Waals surface area (Å²) in [6.07, 6.45) is 4.89. The van der Waals surface area contributed by atoms with Crippen LogP contribution in [0.1, 0.15) is 30.0 Å². The Morgan fingerprint density at radius 1 is 1.31 bits per heavy atom. The first kappa shape index (κ1) is 19.5. The molecule has 1 aromatic heterocycles. The quantitative estimate of drug-likeness (QED) is 0.764. The second-order valence-electron chi connectivity index (χ2n) is 7.41. The molecule has 1 spiro atoms. The highest BCUT2D eigenvalue weighted by molar-refractivity contribution is 7.88. The first-order valence-corrected chi connectivity index (χ1v) is 11.3. The van der Waals surface area contributed by atoms with Gasteiger partial charge in [0.25, 0.3) is 0 Å². The smallest absolute Gasteiger partial charge is 0.237 e. The van der Waals surface area contributed by atoms with Gasteiger partial charge in [0.05, 0.1) is 12.3 Å². The minimum absolute atomic E-state index is 0.0170. The molecule has 3 heterocycles. The Hall–Kier alpha value is -2.78. The Morgan fingerprint density at radius 3 is 2.83 bits per heavy atom. The van der Waals surface area contributed by atoms with Gasteiger partial charge in [-0.1, -0.05) is 24.3 Å². The fourth-order valence-electron chi connectivity index (χ4n) is 4.44. The number of carbonyl (C=O) groups excluding carboxylic acids is 2. The van der Waals surface area contributed by atoms with Crippen molar-refractivity contribution in [2.75, 3.05) is 24.7 Å². The van der Waals surface area contributed by atoms with Gasteiger partial charge in [-0.25, -0.2) is 13.1 Å². The number of fused-ring (bicyclic) bond motifs is 2. The van der Waals surface area contributed by atoms with Gasteiger partial charge in [-0.3, -0.25) is 14.6 Å². The molecule has 2 aliphatic heterocycles. The number of para-hydroxylation sites is 1. The maximum atomic E-state index is 13.2. The number of aromatic nitrogens is 1. The molecular formula is C20H22N4O4S. The van der Waals surface area contributed by atoms with Gasteiger partial charge in [0, 0.05) is 37.6 Å². The molecule has 2 unspecified atom stereocenters. The summed E-state index contributed by atoms with van der Waals surface area (Å²) < 4.78 is 25.0. The predicted molar refractivity (Wildman–Crippen MR) is 108 cm³/mol. The highest BCUT2D eigenvalue weighted by Gasteiger charge is 2.59. The third-order valence-electron chi connectivity index (χ3n) is 5.61. The topological polar surface area (TPSA) is 108 Å². The van der Waals surface area contributed by atoms with Crippen molar-refractivity contribution in [3.63, 3.8) is 0 Å². The van der Waals surface area contributed by atoms with Crippen LogP contribution in [0.5, 0.6) is 0 Å². The molecule has 1 aromatic carbocycles. The average molecular weight is 414 g/mol. The molecule has 2 aliphatic rings. The van der Waals surface area contributed by atoms with Crippen LogP contribution in [0.4, 0.5) is 5.69 Å². The number of amides is 2. The Morgan fingerprint density at radius 2 is 2.10 bits per heavy atom. The molecule has 1 saturated heterocycles. The number of pyridine rings is 1. The van der Waals surface area contributed by atoms with Gasteiger partial charge in [-0.2, -0.15) is 0 Å². The fourth-order valence-corrected chi connectivity index (χ4v) is 4.92. The molecule has 0 radical (unpaired) electrons. The van der Waals surface area contributed by atoms with Crippen molar-refractivity contribution in [1.82, 2.24) is 14.6 Å². The highest BCUT2D eigenvalue weighted by Crippen LogP contribution is 2.54. The van der Waals surface area contributed by atoms with Crippen molar-refractivity contribution in [3.8, 4) is 0 Å². The van der Waals surface area contributed by atoms with E-state index in [-0.39, 0.29) is 24.8 Å². The Labute approximate surface area is 169 Å². The number of likely N-dealkylation sites (tertiary alicyclic amines) is 1. The maximum Gasteiger partial charge on any atom is 0.237 e. The molecule has 2 atom stereocenters. The lowest BCUT2D eigenvalue weighted by Gasteiger charge is -2.34. The zero-order valence-corrected chi connectivity index (χ0v) is 16.8. The van der Waals surface area contributed by atoms with Gasteiger partial charge in [0.2, 0.25) is 21.8 Å². The molecule has 1 fully saturated rings. The summed E-state index contributed by atoms with van der Waals surface area (Å²) in [5, 5.41) is 2.96. The largest absolute Gasteiger partial charge is 0.334 e. The fraction of sp³-hybridized carbons (Fsp3) is 0.350. The summed E-state index contributed by atoms with van der Waals surface area (Å²) in [5.41, 5.74) is 1.53. The Balaban J connectivity index is 1.71. The van der Waals surface area contributed by atoms with E-state index in [4.69, 9.17) is 0 Å². The number of anilines is 1. The SMILES string of the molecule is CS(=O)(=O)NCCC(=O)N1CCC2(C(=O)Nc3ccccc32)C1c1cccnc1. The first-order valence-electron chi connectivity index (χ1n) is 9.38. The van der Waals surface area contributed by atoms with E-state index in [0.717, 1.165) is 23.1 Å². The molecule has 0 bridgehead atoms. The molecule has 9 heteroatoms. The number of sulfonamides is 1. The molecule has 8 nitrogen and oxygen atoms in total. The average Bonchev–Trinajstić information content (AvgIpc) is 3.21. The van der Waals surface area contributed by atoms with Gasteiger partial charge < -0.3 is 10.2 Å². The molecule has 0 saturated carbocycles. The number of rotatable bonds is 5. The Kier molecular flexibility index (Phi) is 4.87. The van der Waals surface area contributed by atoms with Crippen molar-refractivity contribution < 1.29 is 18.0 Å². The summed E-state index contributed by atoms with van der Waals surface area (Å²) in [4.78, 5) is 32.1. The van der Waals surface area contributed by atoms with E-state index in [1.54, 1.807) is 23.4 Å². The number of carbonyl (C=O) groups is 2. The van der Waals surface area contributed by atoms with E-state index in [1.165, 1.54) is 0 Å². The Bertz CT molecular complexity index is 1060. The second-order valence-corrected chi connectivity index (χ2v) is 9.25. The molecule has 29 heavy (non-hydrogen) atoms. The highest BCUT2D eigenvalue weighted by atomic mass is 32.2. The second kappa shape index (κ2) is 7.23. The lowest BCUT2D eigenvalue weighted by molar-refractivity contribution is -0.133. The lowest BCUT2D eigenvalue weighted by Crippen LogP contribution is -2.43. The molecule has 4 rings (SSSR count). The van der Waals surface area contributed by atoms with E-state index in [1.807, 2.05) is 30.3 Å². The maximum absolute atomic E-state index is 13.2. The van der Waals surface area contributed by atoms with Crippen LogP contribution < -0.4 is 10.0 Å². The van der Waals surface area contributed by atoms with E-state index in [9.17, 15) is 18.0 Å². The monoisotopic (exact) mass is 414 g/mol.